The van der Waals surface area contributed by atoms with Gasteiger partial charge in [-0.3, -0.25) is 9.00 Å². The minimum Gasteiger partial charge on any atom is -0.355 e. The van der Waals surface area contributed by atoms with Crippen LogP contribution in [0.15, 0.2) is 24.3 Å². The molecule has 0 aromatic heterocycles. The van der Waals surface area contributed by atoms with Crippen molar-refractivity contribution >= 4 is 16.7 Å². The fraction of sp³-hybridized carbons (Fsp3) is 0.417. The Hall–Kier alpha value is -1.23. The maximum Gasteiger partial charge on any atom is 0.232 e. The van der Waals surface area contributed by atoms with E-state index in [1.165, 1.54) is 12.1 Å². The van der Waals surface area contributed by atoms with Gasteiger partial charge in [0.1, 0.15) is 11.6 Å². The Balaban J connectivity index is 2.42. The van der Waals surface area contributed by atoms with E-state index in [1.807, 2.05) is 6.92 Å². The van der Waals surface area contributed by atoms with Crippen LogP contribution in [0.25, 0.3) is 0 Å². The summed E-state index contributed by atoms with van der Waals surface area (Å²) >= 11 is 0. The van der Waals surface area contributed by atoms with E-state index in [9.17, 15) is 13.4 Å². The summed E-state index contributed by atoms with van der Waals surface area (Å²) in [6, 6.07) is 5.94. The van der Waals surface area contributed by atoms with Gasteiger partial charge in [0.15, 0.2) is 0 Å². The first-order valence-corrected chi connectivity index (χ1v) is 6.96. The molecule has 1 amide bonds. The highest BCUT2D eigenvalue weighted by Crippen LogP contribution is 2.06. The number of halogens is 1. The third-order valence-electron chi connectivity index (χ3n) is 2.08. The molecule has 3 nitrogen and oxygen atoms in total. The first-order valence-electron chi connectivity index (χ1n) is 5.48. The molecule has 1 unspecified atom stereocenters. The maximum absolute atomic E-state index is 12.9. The molecule has 1 N–H and O–H groups in total. The smallest absolute Gasteiger partial charge is 0.232 e. The van der Waals surface area contributed by atoms with Crippen molar-refractivity contribution in [2.75, 3.05) is 12.3 Å². The van der Waals surface area contributed by atoms with E-state index in [0.717, 1.165) is 6.42 Å². The van der Waals surface area contributed by atoms with Crippen molar-refractivity contribution in [2.45, 2.75) is 19.1 Å². The van der Waals surface area contributed by atoms with Crippen LogP contribution in [0.2, 0.25) is 0 Å². The summed E-state index contributed by atoms with van der Waals surface area (Å²) in [6.07, 6.45) is 0.849. The zero-order chi connectivity index (χ0) is 12.7. The Labute approximate surface area is 103 Å². The highest BCUT2D eigenvalue weighted by Gasteiger charge is 2.08. The van der Waals surface area contributed by atoms with Crippen molar-refractivity contribution in [1.82, 2.24) is 5.32 Å². The van der Waals surface area contributed by atoms with E-state index in [0.29, 0.717) is 12.1 Å². The van der Waals surface area contributed by atoms with Gasteiger partial charge in [0.2, 0.25) is 5.91 Å². The minimum absolute atomic E-state index is 0.0312. The third kappa shape index (κ3) is 5.58. The first-order chi connectivity index (χ1) is 8.11. The molecule has 0 heterocycles. The van der Waals surface area contributed by atoms with Gasteiger partial charge in [-0.05, 0) is 24.1 Å². The molecule has 94 valence electrons. The number of nitrogens with one attached hydrogen (secondary N) is 1. The van der Waals surface area contributed by atoms with Gasteiger partial charge in [0.25, 0.3) is 0 Å². The standard InChI is InChI=1S/C12H16FNO2S/c1-2-6-14-12(15)9-17(16)8-10-4-3-5-11(13)7-10/h3-5,7H,2,6,8-9H2,1H3,(H,14,15). The van der Waals surface area contributed by atoms with Crippen molar-refractivity contribution < 1.29 is 13.4 Å². The minimum atomic E-state index is -1.29. The van der Waals surface area contributed by atoms with Crippen LogP contribution in [-0.4, -0.2) is 22.4 Å². The van der Waals surface area contributed by atoms with Crippen LogP contribution in [0.1, 0.15) is 18.9 Å². The molecule has 0 saturated heterocycles. The third-order valence-corrected chi connectivity index (χ3v) is 3.32. The highest BCUT2D eigenvalue weighted by molar-refractivity contribution is 7.84. The summed E-state index contributed by atoms with van der Waals surface area (Å²) in [5.74, 6) is -0.398. The summed E-state index contributed by atoms with van der Waals surface area (Å²) in [6.45, 7) is 2.54. The molecule has 1 atom stereocenters. The molecule has 1 rings (SSSR count). The summed E-state index contributed by atoms with van der Waals surface area (Å²) < 4.78 is 24.5. The van der Waals surface area contributed by atoms with Crippen LogP contribution in [0.4, 0.5) is 4.39 Å². The second-order valence-corrected chi connectivity index (χ2v) is 5.17. The van der Waals surface area contributed by atoms with Gasteiger partial charge in [-0.15, -0.1) is 0 Å². The molecular weight excluding hydrogens is 241 g/mol. The Bertz CT molecular complexity index is 409. The summed E-state index contributed by atoms with van der Waals surface area (Å²) in [7, 11) is -1.29. The van der Waals surface area contributed by atoms with Gasteiger partial charge in [-0.1, -0.05) is 19.1 Å². The molecule has 0 saturated carbocycles. The molecule has 0 bridgehead atoms. The van der Waals surface area contributed by atoms with Gasteiger partial charge in [-0.25, -0.2) is 4.39 Å². The quantitative estimate of drug-likeness (QED) is 0.841. The molecule has 1 aromatic carbocycles. The summed E-state index contributed by atoms with van der Waals surface area (Å²) in [4.78, 5) is 11.3. The van der Waals surface area contributed by atoms with Crippen LogP contribution in [0.5, 0.6) is 0 Å². The fourth-order valence-electron chi connectivity index (χ4n) is 1.33. The van der Waals surface area contributed by atoms with Gasteiger partial charge in [0, 0.05) is 23.1 Å². The van der Waals surface area contributed by atoms with E-state index >= 15 is 0 Å². The van der Waals surface area contributed by atoms with Gasteiger partial charge < -0.3 is 5.32 Å². The molecule has 0 aliphatic rings. The van der Waals surface area contributed by atoms with Crippen LogP contribution in [0.3, 0.4) is 0 Å². The summed E-state index contributed by atoms with van der Waals surface area (Å²) in [5, 5.41) is 2.65. The Morgan fingerprint density at radius 1 is 1.47 bits per heavy atom. The van der Waals surface area contributed by atoms with Crippen molar-refractivity contribution in [3.05, 3.63) is 35.6 Å². The van der Waals surface area contributed by atoms with Crippen LogP contribution < -0.4 is 5.32 Å². The fourth-order valence-corrected chi connectivity index (χ4v) is 2.37. The average molecular weight is 257 g/mol. The monoisotopic (exact) mass is 257 g/mol. The van der Waals surface area contributed by atoms with Crippen molar-refractivity contribution in [1.29, 1.82) is 0 Å². The van der Waals surface area contributed by atoms with Crippen LogP contribution in [-0.2, 0) is 21.3 Å². The lowest BCUT2D eigenvalue weighted by atomic mass is 10.2. The zero-order valence-corrected chi connectivity index (χ0v) is 10.6. The molecular formula is C12H16FNO2S. The Morgan fingerprint density at radius 2 is 2.24 bits per heavy atom. The largest absolute Gasteiger partial charge is 0.355 e. The lowest BCUT2D eigenvalue weighted by Crippen LogP contribution is -2.29. The second-order valence-electron chi connectivity index (χ2n) is 3.71. The number of amides is 1. The molecule has 1 aromatic rings. The molecule has 0 aliphatic carbocycles. The number of carbonyl (C=O) groups is 1. The van der Waals surface area contributed by atoms with E-state index in [-0.39, 0.29) is 23.2 Å². The lowest BCUT2D eigenvalue weighted by Gasteiger charge is -2.04. The van der Waals surface area contributed by atoms with E-state index in [2.05, 4.69) is 5.32 Å². The predicted octanol–water partition coefficient (Wildman–Crippen LogP) is 1.60. The van der Waals surface area contributed by atoms with Gasteiger partial charge in [0.05, 0.1) is 0 Å². The molecule has 5 heteroatoms. The zero-order valence-electron chi connectivity index (χ0n) is 9.74. The second kappa shape index (κ2) is 7.17. The van der Waals surface area contributed by atoms with E-state index in [1.54, 1.807) is 12.1 Å². The Morgan fingerprint density at radius 3 is 2.88 bits per heavy atom. The Kier molecular flexibility index (Phi) is 5.83. The predicted molar refractivity (Wildman–Crippen MR) is 66.4 cm³/mol. The van der Waals surface area contributed by atoms with Crippen LogP contribution >= 0.6 is 0 Å². The van der Waals surface area contributed by atoms with Crippen molar-refractivity contribution in [2.24, 2.45) is 0 Å². The SMILES string of the molecule is CCCNC(=O)CS(=O)Cc1cccc(F)c1. The normalized spacial score (nSPS) is 12.1. The van der Waals surface area contributed by atoms with E-state index < -0.39 is 10.8 Å². The van der Waals surface area contributed by atoms with Gasteiger partial charge in [-0.2, -0.15) is 0 Å². The number of rotatable bonds is 6. The number of carbonyl (C=O) groups excluding carboxylic acids is 1. The highest BCUT2D eigenvalue weighted by atomic mass is 32.2. The number of hydrogen-bond acceptors (Lipinski definition) is 2. The number of hydrogen-bond donors (Lipinski definition) is 1. The molecule has 0 fully saturated rings. The molecule has 0 radical (unpaired) electrons. The molecule has 0 spiro atoms. The first kappa shape index (κ1) is 13.8. The number of benzene rings is 1. The van der Waals surface area contributed by atoms with Crippen LogP contribution in [0, 0.1) is 5.82 Å². The van der Waals surface area contributed by atoms with Crippen molar-refractivity contribution in [3.63, 3.8) is 0 Å². The summed E-state index contributed by atoms with van der Waals surface area (Å²) in [5.41, 5.74) is 0.645. The molecule has 17 heavy (non-hydrogen) atoms. The van der Waals surface area contributed by atoms with E-state index in [4.69, 9.17) is 0 Å². The average Bonchev–Trinajstić information content (AvgIpc) is 2.26. The lowest BCUT2D eigenvalue weighted by molar-refractivity contribution is -0.118. The van der Waals surface area contributed by atoms with Crippen molar-refractivity contribution in [3.8, 4) is 0 Å². The van der Waals surface area contributed by atoms with Gasteiger partial charge >= 0.3 is 0 Å². The molecule has 0 aliphatic heterocycles. The maximum atomic E-state index is 12.9. The topological polar surface area (TPSA) is 46.2 Å².